The van der Waals surface area contributed by atoms with Gasteiger partial charge in [-0.15, -0.1) is 0 Å². The molecule has 2 fully saturated rings. The topological polar surface area (TPSA) is 144 Å². The zero-order chi connectivity index (χ0) is 26.8. The molecule has 2 saturated heterocycles. The van der Waals surface area contributed by atoms with Crippen LogP contribution in [0.15, 0.2) is 18.2 Å². The summed E-state index contributed by atoms with van der Waals surface area (Å²) in [6.45, 7) is 0.147. The second-order valence-corrected chi connectivity index (χ2v) is 10.4. The second kappa shape index (κ2) is 10.7. The fraction of sp³-hybridized carbons (Fsp3) is 0.500. The van der Waals surface area contributed by atoms with Crippen molar-refractivity contribution in [1.82, 2.24) is 15.5 Å². The largest absolute Gasteiger partial charge is 0.717 e. The molecule has 2 bridgehead atoms. The molecule has 11 nitrogen and oxygen atoms in total. The van der Waals surface area contributed by atoms with E-state index in [1.165, 1.54) is 37.2 Å². The molecular weight excluding hydrogens is 516 g/mol. The van der Waals surface area contributed by atoms with Crippen molar-refractivity contribution in [2.45, 2.75) is 44.7 Å². The first-order chi connectivity index (χ1) is 16.8. The van der Waals surface area contributed by atoms with Crippen LogP contribution in [0.5, 0.6) is 0 Å². The summed E-state index contributed by atoms with van der Waals surface area (Å²) >= 11 is 12.0. The lowest BCUT2D eigenvalue weighted by molar-refractivity contribution is -0.204. The Hall–Kier alpha value is -2.83. The van der Waals surface area contributed by atoms with Gasteiger partial charge in [-0.25, -0.2) is 0 Å². The van der Waals surface area contributed by atoms with Gasteiger partial charge in [0.2, 0.25) is 5.91 Å². The maximum atomic E-state index is 12.9. The minimum Gasteiger partial charge on any atom is -0.717 e. The zero-order valence-electron chi connectivity index (χ0n) is 20.3. The maximum Gasteiger partial charge on any atom is 0.594 e. The lowest BCUT2D eigenvalue weighted by Gasteiger charge is -2.55. The van der Waals surface area contributed by atoms with Crippen LogP contribution in [0.3, 0.4) is 0 Å². The van der Waals surface area contributed by atoms with Crippen LogP contribution >= 0.6 is 23.2 Å². The maximum absolute atomic E-state index is 12.9. The molecule has 3 rings (SSSR count). The molecule has 196 valence electrons. The Morgan fingerprint density at radius 3 is 2.53 bits per heavy atom. The van der Waals surface area contributed by atoms with Crippen molar-refractivity contribution >= 4 is 59.6 Å². The van der Waals surface area contributed by atoms with Crippen molar-refractivity contribution in [3.05, 3.63) is 33.8 Å². The molecule has 0 spiro atoms. The summed E-state index contributed by atoms with van der Waals surface area (Å²) in [5, 5.41) is 5.56. The van der Waals surface area contributed by atoms with Crippen molar-refractivity contribution in [2.24, 2.45) is 5.92 Å². The van der Waals surface area contributed by atoms with Gasteiger partial charge in [0.15, 0.2) is 0 Å². The molecular formula is C22H28BCl2N3O8. The number of nitrogens with one attached hydrogen (secondary N) is 2. The Bertz CT molecular complexity index is 1080. The number of carbonyl (C=O) groups excluding carboxylic acids is 4. The van der Waals surface area contributed by atoms with E-state index >= 15 is 0 Å². The molecule has 0 saturated carbocycles. The average molecular weight is 544 g/mol. The predicted octanol–water partition coefficient (Wildman–Crippen LogP) is 0.981. The second-order valence-electron chi connectivity index (χ2n) is 9.52. The van der Waals surface area contributed by atoms with Gasteiger partial charge >= 0.3 is 12.7 Å². The molecule has 0 aromatic heterocycles. The Morgan fingerprint density at radius 2 is 1.89 bits per heavy atom. The standard InChI is InChI=1S/C22H28BCl2N3O8/c1-12(2)7-16(27-17(29)11-26-20(32)14-8-13(24)5-6-15(14)25)23-34-18(30)9-22(36-23,10-19(31)35-23)21(33)28(3)4/h5-6,8,12,16,34H,7,9-11H2,1-4H3,(H,26,32)(H,27,29)/t16-,22+,23?/m0/s1. The lowest BCUT2D eigenvalue weighted by atomic mass is 9.61. The highest BCUT2D eigenvalue weighted by Crippen LogP contribution is 2.40. The van der Waals surface area contributed by atoms with Crippen LogP contribution in [0.2, 0.25) is 10.0 Å². The number of rotatable bonds is 8. The van der Waals surface area contributed by atoms with Crippen LogP contribution in [0.1, 0.15) is 43.5 Å². The molecule has 14 heteroatoms. The van der Waals surface area contributed by atoms with E-state index in [4.69, 9.17) is 32.5 Å². The summed E-state index contributed by atoms with van der Waals surface area (Å²) in [6, 6.07) is 4.34. The fourth-order valence-corrected chi connectivity index (χ4v) is 4.77. The van der Waals surface area contributed by atoms with Crippen LogP contribution in [0, 0.1) is 5.92 Å². The van der Waals surface area contributed by atoms with E-state index in [9.17, 15) is 24.0 Å². The number of aliphatic carboxylic acids is 1. The van der Waals surface area contributed by atoms with Gasteiger partial charge in [-0.3, -0.25) is 19.2 Å². The summed E-state index contributed by atoms with van der Waals surface area (Å²) in [5.41, 5.74) is -1.68. The quantitative estimate of drug-likeness (QED) is 0.367. The van der Waals surface area contributed by atoms with Gasteiger partial charge in [0.1, 0.15) is 12.0 Å². The van der Waals surface area contributed by atoms with Crippen molar-refractivity contribution in [3.8, 4) is 0 Å². The minimum atomic E-state index is -3.09. The van der Waals surface area contributed by atoms with E-state index in [0.717, 1.165) is 0 Å². The first kappa shape index (κ1) is 27.8. The first-order valence-corrected chi connectivity index (χ1v) is 12.1. The van der Waals surface area contributed by atoms with Gasteiger partial charge in [0.05, 0.1) is 23.6 Å². The van der Waals surface area contributed by atoms with E-state index in [2.05, 4.69) is 15.3 Å². The predicted molar refractivity (Wildman–Crippen MR) is 131 cm³/mol. The number of benzene rings is 1. The van der Waals surface area contributed by atoms with Crippen LogP contribution in [0.25, 0.3) is 0 Å². The molecule has 0 aliphatic carbocycles. The molecule has 2 heterocycles. The molecule has 36 heavy (non-hydrogen) atoms. The third-order valence-corrected chi connectivity index (χ3v) is 6.41. The molecule has 3 N–H and O–H groups in total. The number of hydrogen-bond donors (Lipinski definition) is 2. The number of halogens is 2. The van der Waals surface area contributed by atoms with Crippen LogP contribution in [-0.2, 0) is 28.5 Å². The summed E-state index contributed by atoms with van der Waals surface area (Å²) in [7, 11) is 2.96. The van der Waals surface area contributed by atoms with E-state index in [0.29, 0.717) is 5.02 Å². The Labute approximate surface area is 218 Å². The first-order valence-electron chi connectivity index (χ1n) is 11.3. The van der Waals surface area contributed by atoms with Gasteiger partial charge in [-0.1, -0.05) is 43.5 Å². The summed E-state index contributed by atoms with van der Waals surface area (Å²) in [5.74, 6) is -4.42. The number of fused-ring (bicyclic) bond motifs is 2. The average Bonchev–Trinajstić information content (AvgIpc) is 2.76. The third-order valence-electron chi connectivity index (χ3n) is 5.84. The molecule has 1 aromatic rings. The highest BCUT2D eigenvalue weighted by Gasteiger charge is 2.65. The molecule has 1 unspecified atom stereocenters. The molecule has 2 aliphatic heterocycles. The third kappa shape index (κ3) is 5.93. The van der Waals surface area contributed by atoms with E-state index in [1.807, 2.05) is 13.8 Å². The fourth-order valence-electron chi connectivity index (χ4n) is 4.39. The number of amides is 3. The highest BCUT2D eigenvalue weighted by molar-refractivity contribution is 6.66. The number of hydrogen-bond acceptors (Lipinski definition) is 7. The Morgan fingerprint density at radius 1 is 1.19 bits per heavy atom. The monoisotopic (exact) mass is 543 g/mol. The van der Waals surface area contributed by atoms with Gasteiger partial charge in [0.25, 0.3) is 17.8 Å². The Kier molecular flexibility index (Phi) is 8.22. The summed E-state index contributed by atoms with van der Waals surface area (Å²) < 4.78 is 15.5. The molecule has 2 aliphatic rings. The summed E-state index contributed by atoms with van der Waals surface area (Å²) in [4.78, 5) is 64.8. The van der Waals surface area contributed by atoms with E-state index < -0.39 is 67.3 Å². The molecule has 0 radical (unpaired) electrons. The van der Waals surface area contributed by atoms with Crippen molar-refractivity contribution in [1.29, 1.82) is 0 Å². The molecule has 3 amide bonds. The van der Waals surface area contributed by atoms with Crippen LogP contribution < -0.4 is 10.6 Å². The smallest absolute Gasteiger partial charge is 0.594 e. The number of likely N-dealkylation sites (N-methyl/N-ethyl adjacent to an activating group) is 1. The van der Waals surface area contributed by atoms with Crippen molar-refractivity contribution in [2.75, 3.05) is 20.6 Å². The van der Waals surface area contributed by atoms with Crippen molar-refractivity contribution in [3.63, 3.8) is 0 Å². The van der Waals surface area contributed by atoms with Crippen LogP contribution in [0.4, 0.5) is 0 Å². The van der Waals surface area contributed by atoms with Gasteiger partial charge < -0.3 is 29.5 Å². The number of carbonyl (C=O) groups is 5. The number of nitrogens with zero attached hydrogens (tertiary/aromatic N) is 1. The minimum absolute atomic E-state index is 0.0539. The lowest BCUT2D eigenvalue weighted by Crippen LogP contribution is -2.77. The van der Waals surface area contributed by atoms with Gasteiger partial charge in [-0.05, 0) is 24.1 Å². The van der Waals surface area contributed by atoms with E-state index in [1.54, 1.807) is 0 Å². The number of carboxylic acids is 1. The SMILES string of the molecule is CC(C)C[C@H](NC(=O)CNC(=O)c1cc(Cl)ccc1Cl)[B-]12OC(=O)C[C@@](C(=O)N(C)C)(CC(=O)[OH+]1)O2. The van der Waals surface area contributed by atoms with Gasteiger partial charge in [0, 0.05) is 29.9 Å². The highest BCUT2D eigenvalue weighted by atomic mass is 35.5. The van der Waals surface area contributed by atoms with E-state index in [-0.39, 0.29) is 22.9 Å². The molecule has 1 aromatic carbocycles. The molecule has 3 atom stereocenters. The van der Waals surface area contributed by atoms with Gasteiger partial charge in [-0.2, -0.15) is 0 Å². The Balaban J connectivity index is 1.82. The van der Waals surface area contributed by atoms with Crippen LogP contribution in [-0.4, -0.2) is 78.2 Å². The zero-order valence-corrected chi connectivity index (χ0v) is 21.8. The van der Waals surface area contributed by atoms with Crippen molar-refractivity contribution < 1.29 is 37.9 Å². The normalized spacial score (nSPS) is 23.9. The summed E-state index contributed by atoms with van der Waals surface area (Å²) in [6.07, 6.45) is -0.662.